The number of amides is 1. The topological polar surface area (TPSA) is 99.8 Å². The maximum atomic E-state index is 13.4. The number of carbonyl (C=O) groups is 1. The van der Waals surface area contributed by atoms with E-state index in [0.29, 0.717) is 21.7 Å². The molecule has 3 aromatic rings. The Labute approximate surface area is 169 Å². The number of primary amides is 1. The van der Waals surface area contributed by atoms with E-state index in [9.17, 15) is 18.0 Å². The van der Waals surface area contributed by atoms with Crippen molar-refractivity contribution in [2.75, 3.05) is 6.54 Å². The molecule has 6 nitrogen and oxygen atoms in total. The number of aryl methyl sites for hydroxylation is 2. The van der Waals surface area contributed by atoms with Crippen LogP contribution in [0.15, 0.2) is 30.5 Å². The lowest BCUT2D eigenvalue weighted by molar-refractivity contribution is -0.138. The molecule has 1 aromatic carbocycles. The summed E-state index contributed by atoms with van der Waals surface area (Å²) in [5.41, 5.74) is 12.9. The number of alkyl halides is 3. The van der Waals surface area contributed by atoms with Crippen LogP contribution in [0.4, 0.5) is 13.2 Å². The second-order valence-electron chi connectivity index (χ2n) is 6.67. The molecule has 3 rings (SSSR count). The van der Waals surface area contributed by atoms with Crippen LogP contribution in [-0.2, 0) is 19.6 Å². The highest BCUT2D eigenvalue weighted by molar-refractivity contribution is 7.14. The van der Waals surface area contributed by atoms with Crippen LogP contribution in [0.25, 0.3) is 11.3 Å². The van der Waals surface area contributed by atoms with Gasteiger partial charge in [0.05, 0.1) is 22.3 Å². The van der Waals surface area contributed by atoms with Crippen LogP contribution in [-0.4, -0.2) is 27.4 Å². The van der Waals surface area contributed by atoms with Crippen molar-refractivity contribution in [3.63, 3.8) is 0 Å². The van der Waals surface area contributed by atoms with E-state index < -0.39 is 23.6 Å². The fraction of sp³-hybridized carbons (Fsp3) is 0.316. The molecule has 0 aliphatic heterocycles. The predicted molar refractivity (Wildman–Crippen MR) is 105 cm³/mol. The molecule has 0 radical (unpaired) electrons. The van der Waals surface area contributed by atoms with E-state index in [4.69, 9.17) is 11.5 Å². The van der Waals surface area contributed by atoms with Crippen molar-refractivity contribution in [2.45, 2.75) is 25.4 Å². The Bertz CT molecular complexity index is 1040. The molecule has 1 amide bonds. The molecule has 1 atom stereocenters. The van der Waals surface area contributed by atoms with Crippen molar-refractivity contribution < 1.29 is 18.0 Å². The maximum absolute atomic E-state index is 13.4. The Morgan fingerprint density at radius 3 is 2.55 bits per heavy atom. The third kappa shape index (κ3) is 4.03. The molecule has 0 saturated carbocycles. The second-order valence-corrected chi connectivity index (χ2v) is 7.90. The van der Waals surface area contributed by atoms with Gasteiger partial charge in [-0.2, -0.15) is 13.2 Å². The van der Waals surface area contributed by atoms with Gasteiger partial charge in [-0.05, 0) is 37.1 Å². The first-order chi connectivity index (χ1) is 13.6. The number of nitrogens with zero attached hydrogens (tertiary/aromatic N) is 3. The van der Waals surface area contributed by atoms with Gasteiger partial charge in [-0.15, -0.1) is 16.4 Å². The van der Waals surface area contributed by atoms with Crippen molar-refractivity contribution in [3.8, 4) is 11.3 Å². The van der Waals surface area contributed by atoms with Gasteiger partial charge in [-0.25, -0.2) is 4.68 Å². The zero-order valence-corrected chi connectivity index (χ0v) is 16.6. The summed E-state index contributed by atoms with van der Waals surface area (Å²) >= 11 is 1.20. The van der Waals surface area contributed by atoms with Gasteiger partial charge in [0.15, 0.2) is 0 Å². The Balaban J connectivity index is 2.16. The van der Waals surface area contributed by atoms with Crippen molar-refractivity contribution in [2.24, 2.45) is 18.5 Å². The predicted octanol–water partition coefficient (Wildman–Crippen LogP) is 3.25. The average Bonchev–Trinajstić information content (AvgIpc) is 3.21. The van der Waals surface area contributed by atoms with Crippen LogP contribution in [0.5, 0.6) is 0 Å². The van der Waals surface area contributed by atoms with E-state index >= 15 is 0 Å². The van der Waals surface area contributed by atoms with E-state index in [2.05, 4.69) is 10.3 Å². The van der Waals surface area contributed by atoms with E-state index in [-0.39, 0.29) is 18.5 Å². The lowest BCUT2D eigenvalue weighted by atomic mass is 9.86. The minimum atomic E-state index is -4.48. The Morgan fingerprint density at radius 2 is 2.00 bits per heavy atom. The molecule has 4 N–H and O–H groups in total. The zero-order chi connectivity index (χ0) is 21.3. The molecule has 29 heavy (non-hydrogen) atoms. The number of carbonyl (C=O) groups excluding carboxylic acids is 1. The fourth-order valence-corrected chi connectivity index (χ4v) is 4.61. The molecular formula is C19H20F3N5OS. The molecular weight excluding hydrogens is 403 g/mol. The van der Waals surface area contributed by atoms with Crippen molar-refractivity contribution >= 4 is 17.2 Å². The summed E-state index contributed by atoms with van der Waals surface area (Å²) in [6.07, 6.45) is -2.93. The number of aromatic nitrogens is 3. The first-order valence-corrected chi connectivity index (χ1v) is 9.60. The molecule has 10 heteroatoms. The van der Waals surface area contributed by atoms with Gasteiger partial charge in [-0.1, -0.05) is 23.4 Å². The molecule has 0 saturated heterocycles. The summed E-state index contributed by atoms with van der Waals surface area (Å²) in [5.74, 6) is -1.19. The fourth-order valence-electron chi connectivity index (χ4n) is 3.51. The Hall–Kier alpha value is -2.72. The molecule has 0 spiro atoms. The average molecular weight is 423 g/mol. The van der Waals surface area contributed by atoms with Crippen LogP contribution < -0.4 is 11.5 Å². The molecule has 154 valence electrons. The van der Waals surface area contributed by atoms with Crippen LogP contribution in [0, 0.1) is 6.92 Å². The molecule has 0 bridgehead atoms. The maximum Gasteiger partial charge on any atom is 0.416 e. The lowest BCUT2D eigenvalue weighted by Crippen LogP contribution is -2.21. The largest absolute Gasteiger partial charge is 0.416 e. The van der Waals surface area contributed by atoms with Crippen LogP contribution >= 0.6 is 11.3 Å². The van der Waals surface area contributed by atoms with E-state index in [1.54, 1.807) is 24.0 Å². The number of thiophene rings is 1. The SMILES string of the molecule is Cc1sc(C(N)=O)c([C@@H](CN)Cc2ccccc2C(F)(F)F)c1-c1cnnn1C. The highest BCUT2D eigenvalue weighted by Gasteiger charge is 2.35. The first-order valence-electron chi connectivity index (χ1n) is 8.78. The van der Waals surface area contributed by atoms with E-state index in [1.807, 2.05) is 6.92 Å². The number of hydrogen-bond donors (Lipinski definition) is 2. The highest BCUT2D eigenvalue weighted by atomic mass is 32.1. The van der Waals surface area contributed by atoms with Gasteiger partial charge in [0.2, 0.25) is 0 Å². The number of rotatable bonds is 6. The monoisotopic (exact) mass is 423 g/mol. The zero-order valence-electron chi connectivity index (χ0n) is 15.8. The third-order valence-electron chi connectivity index (χ3n) is 4.80. The van der Waals surface area contributed by atoms with Crippen LogP contribution in [0.1, 0.15) is 37.2 Å². The minimum absolute atomic E-state index is 0.0148. The molecule has 0 aliphatic carbocycles. The molecule has 0 unspecified atom stereocenters. The van der Waals surface area contributed by atoms with Gasteiger partial charge in [0.25, 0.3) is 5.91 Å². The van der Waals surface area contributed by atoms with Gasteiger partial charge < -0.3 is 11.5 Å². The summed E-state index contributed by atoms with van der Waals surface area (Å²) < 4.78 is 41.9. The summed E-state index contributed by atoms with van der Waals surface area (Å²) in [5, 5.41) is 7.79. The van der Waals surface area contributed by atoms with Gasteiger partial charge in [0.1, 0.15) is 0 Å². The highest BCUT2D eigenvalue weighted by Crippen LogP contribution is 2.42. The number of nitrogens with two attached hydrogens (primary N) is 2. The summed E-state index contributed by atoms with van der Waals surface area (Å²) in [7, 11) is 1.70. The van der Waals surface area contributed by atoms with Gasteiger partial charge in [-0.3, -0.25) is 4.79 Å². The van der Waals surface area contributed by atoms with Crippen LogP contribution in [0.3, 0.4) is 0 Å². The van der Waals surface area contributed by atoms with E-state index in [0.717, 1.165) is 10.9 Å². The summed E-state index contributed by atoms with van der Waals surface area (Å²) in [4.78, 5) is 13.2. The Morgan fingerprint density at radius 1 is 1.31 bits per heavy atom. The standard InChI is InChI=1S/C19H20F3N5OS/c1-10-15(14-9-25-26-27(14)2)16(17(29-10)18(24)28)12(8-23)7-11-5-3-4-6-13(11)19(20,21)22/h3-6,9,12H,7-8,23H2,1-2H3,(H2,24,28)/t12-/m1/s1. The van der Waals surface area contributed by atoms with Gasteiger partial charge in [0, 0.05) is 23.4 Å². The van der Waals surface area contributed by atoms with Crippen molar-refractivity contribution in [3.05, 3.63) is 56.9 Å². The first kappa shape index (κ1) is 21.0. The minimum Gasteiger partial charge on any atom is -0.365 e. The summed E-state index contributed by atoms with van der Waals surface area (Å²) in [6, 6.07) is 5.38. The summed E-state index contributed by atoms with van der Waals surface area (Å²) in [6.45, 7) is 1.86. The molecule has 2 heterocycles. The Kier molecular flexibility index (Phi) is 5.76. The molecule has 0 aliphatic rings. The van der Waals surface area contributed by atoms with Crippen molar-refractivity contribution in [1.82, 2.24) is 15.0 Å². The van der Waals surface area contributed by atoms with Gasteiger partial charge >= 0.3 is 6.18 Å². The molecule has 0 fully saturated rings. The second kappa shape index (κ2) is 7.96. The number of benzene rings is 1. The lowest BCUT2D eigenvalue weighted by Gasteiger charge is -2.20. The smallest absolute Gasteiger partial charge is 0.365 e. The third-order valence-corrected chi connectivity index (χ3v) is 5.93. The quantitative estimate of drug-likeness (QED) is 0.636. The van der Waals surface area contributed by atoms with E-state index in [1.165, 1.54) is 23.5 Å². The van der Waals surface area contributed by atoms with Crippen molar-refractivity contribution in [1.29, 1.82) is 0 Å². The normalized spacial score (nSPS) is 12.9. The molecule has 2 aromatic heterocycles. The number of hydrogen-bond acceptors (Lipinski definition) is 5. The number of halogens is 3. The van der Waals surface area contributed by atoms with Crippen LogP contribution in [0.2, 0.25) is 0 Å².